The average Bonchev–Trinajstić information content (AvgIpc) is 3.11. The number of nitrogens with one attached hydrogen (secondary N) is 1. The second-order valence-corrected chi connectivity index (χ2v) is 5.05. The van der Waals surface area contributed by atoms with Crippen LogP contribution in [0.25, 0.3) is 0 Å². The molecule has 0 bridgehead atoms. The average molecular weight is 237 g/mol. The van der Waals surface area contributed by atoms with Gasteiger partial charge in [0, 0.05) is 12.5 Å². The first-order valence-corrected chi connectivity index (χ1v) is 6.53. The molecule has 1 aromatic heterocycles. The van der Waals surface area contributed by atoms with Gasteiger partial charge in [-0.05, 0) is 38.1 Å². The monoisotopic (exact) mass is 237 g/mol. The molecule has 1 saturated heterocycles. The first kappa shape index (κ1) is 11.2. The highest BCUT2D eigenvalue weighted by atomic mass is 16.5. The van der Waals surface area contributed by atoms with Gasteiger partial charge in [0.1, 0.15) is 6.61 Å². The zero-order chi connectivity index (χ0) is 11.5. The lowest BCUT2D eigenvalue weighted by Crippen LogP contribution is -2.32. The molecule has 0 amide bonds. The molecule has 1 unspecified atom stereocenters. The smallest absolute Gasteiger partial charge is 0.252 e. The van der Waals surface area contributed by atoms with E-state index in [9.17, 15) is 0 Å². The fraction of sp³-hybridized carbons (Fsp3) is 0.833. The molecule has 0 aromatic carbocycles. The fourth-order valence-corrected chi connectivity index (χ4v) is 2.21. The van der Waals surface area contributed by atoms with E-state index in [-0.39, 0.29) is 0 Å². The normalized spacial score (nSPS) is 25.1. The Morgan fingerprint density at radius 3 is 3.06 bits per heavy atom. The van der Waals surface area contributed by atoms with Crippen molar-refractivity contribution in [2.45, 2.75) is 38.2 Å². The number of nitrogens with zero attached hydrogens (tertiary/aromatic N) is 2. The van der Waals surface area contributed by atoms with Crippen LogP contribution in [0, 0.1) is 5.92 Å². The Morgan fingerprint density at radius 1 is 1.35 bits per heavy atom. The number of piperidine rings is 1. The molecule has 0 spiro atoms. The van der Waals surface area contributed by atoms with E-state index in [0.717, 1.165) is 25.5 Å². The van der Waals surface area contributed by atoms with Gasteiger partial charge in [-0.1, -0.05) is 5.16 Å². The molecule has 94 valence electrons. The number of rotatable bonds is 5. The van der Waals surface area contributed by atoms with Crippen LogP contribution in [-0.4, -0.2) is 29.8 Å². The summed E-state index contributed by atoms with van der Waals surface area (Å²) in [6.45, 7) is 3.45. The second kappa shape index (κ2) is 5.14. The zero-order valence-electron chi connectivity index (χ0n) is 10.0. The summed E-state index contributed by atoms with van der Waals surface area (Å²) in [6, 6.07) is 0. The maximum atomic E-state index is 5.64. The molecule has 1 aliphatic carbocycles. The summed E-state index contributed by atoms with van der Waals surface area (Å²) in [7, 11) is 0. The van der Waals surface area contributed by atoms with Gasteiger partial charge < -0.3 is 14.6 Å². The lowest BCUT2D eigenvalue weighted by atomic mass is 10.0. The molecule has 5 heteroatoms. The van der Waals surface area contributed by atoms with Crippen LogP contribution in [0.4, 0.5) is 0 Å². The molecule has 2 aliphatic rings. The van der Waals surface area contributed by atoms with Crippen molar-refractivity contribution in [3.8, 4) is 0 Å². The van der Waals surface area contributed by atoms with E-state index in [0.29, 0.717) is 24.3 Å². The summed E-state index contributed by atoms with van der Waals surface area (Å²) in [5, 5.41) is 7.34. The summed E-state index contributed by atoms with van der Waals surface area (Å²) in [5.74, 6) is 2.67. The highest BCUT2D eigenvalue weighted by Gasteiger charge is 2.28. The molecule has 1 aromatic rings. The van der Waals surface area contributed by atoms with Crippen LogP contribution in [0.5, 0.6) is 0 Å². The van der Waals surface area contributed by atoms with E-state index >= 15 is 0 Å². The molecule has 1 aliphatic heterocycles. The molecule has 0 radical (unpaired) electrons. The Kier molecular flexibility index (Phi) is 3.38. The van der Waals surface area contributed by atoms with Gasteiger partial charge >= 0.3 is 0 Å². The van der Waals surface area contributed by atoms with Crippen molar-refractivity contribution in [3.05, 3.63) is 11.7 Å². The van der Waals surface area contributed by atoms with Crippen LogP contribution in [-0.2, 0) is 11.3 Å². The topological polar surface area (TPSA) is 60.2 Å². The molecule has 1 saturated carbocycles. The van der Waals surface area contributed by atoms with Crippen LogP contribution in [0.2, 0.25) is 0 Å². The van der Waals surface area contributed by atoms with Crippen LogP contribution >= 0.6 is 0 Å². The number of hydrogen-bond donors (Lipinski definition) is 1. The van der Waals surface area contributed by atoms with Crippen LogP contribution in [0.15, 0.2) is 4.52 Å². The number of ether oxygens (including phenoxy) is 1. The zero-order valence-corrected chi connectivity index (χ0v) is 10.0. The van der Waals surface area contributed by atoms with Gasteiger partial charge in [-0.2, -0.15) is 4.98 Å². The third-order valence-electron chi connectivity index (χ3n) is 3.40. The second-order valence-electron chi connectivity index (χ2n) is 5.05. The third kappa shape index (κ3) is 3.04. The summed E-state index contributed by atoms with van der Waals surface area (Å²) < 4.78 is 10.8. The molecule has 3 rings (SSSR count). The van der Waals surface area contributed by atoms with Crippen LogP contribution in [0.3, 0.4) is 0 Å². The first-order chi connectivity index (χ1) is 8.42. The largest absolute Gasteiger partial charge is 0.371 e. The molecule has 17 heavy (non-hydrogen) atoms. The summed E-state index contributed by atoms with van der Waals surface area (Å²) in [5.41, 5.74) is 0. The molecule has 1 atom stereocenters. The predicted octanol–water partition coefficient (Wildman–Crippen LogP) is 1.46. The van der Waals surface area contributed by atoms with Crippen molar-refractivity contribution in [1.29, 1.82) is 0 Å². The molecule has 5 nitrogen and oxygen atoms in total. The number of aromatic nitrogens is 2. The van der Waals surface area contributed by atoms with Gasteiger partial charge in [0.15, 0.2) is 5.82 Å². The van der Waals surface area contributed by atoms with Crippen molar-refractivity contribution >= 4 is 0 Å². The van der Waals surface area contributed by atoms with Gasteiger partial charge in [-0.25, -0.2) is 0 Å². The number of hydrogen-bond acceptors (Lipinski definition) is 5. The standard InChI is InChI=1S/C12H19N3O2/c1-2-9(6-13-5-1)7-16-8-11-14-12(15-17-11)10-3-4-10/h9-10,13H,1-8H2. The summed E-state index contributed by atoms with van der Waals surface area (Å²) in [6.07, 6.45) is 4.91. The quantitative estimate of drug-likeness (QED) is 0.840. The minimum Gasteiger partial charge on any atom is -0.371 e. The third-order valence-corrected chi connectivity index (χ3v) is 3.40. The van der Waals surface area contributed by atoms with Gasteiger partial charge in [-0.3, -0.25) is 0 Å². The van der Waals surface area contributed by atoms with E-state index in [1.54, 1.807) is 0 Å². The maximum absolute atomic E-state index is 5.64. The minimum atomic E-state index is 0.455. The van der Waals surface area contributed by atoms with Gasteiger partial charge in [0.25, 0.3) is 5.89 Å². The van der Waals surface area contributed by atoms with E-state index in [4.69, 9.17) is 9.26 Å². The lowest BCUT2D eigenvalue weighted by molar-refractivity contribution is 0.0619. The highest BCUT2D eigenvalue weighted by Crippen LogP contribution is 2.38. The molecular weight excluding hydrogens is 218 g/mol. The van der Waals surface area contributed by atoms with E-state index in [2.05, 4.69) is 15.5 Å². The molecular formula is C12H19N3O2. The predicted molar refractivity (Wildman–Crippen MR) is 61.5 cm³/mol. The van der Waals surface area contributed by atoms with Gasteiger partial charge in [-0.15, -0.1) is 0 Å². The van der Waals surface area contributed by atoms with E-state index < -0.39 is 0 Å². The van der Waals surface area contributed by atoms with Crippen molar-refractivity contribution in [2.24, 2.45) is 5.92 Å². The highest BCUT2D eigenvalue weighted by molar-refractivity contribution is 5.02. The Labute approximate surface area is 101 Å². The SMILES string of the molecule is C1CNCC(COCc2nc(C3CC3)no2)C1. The van der Waals surface area contributed by atoms with Crippen molar-refractivity contribution in [2.75, 3.05) is 19.7 Å². The van der Waals surface area contributed by atoms with Gasteiger partial charge in [0.2, 0.25) is 0 Å². The fourth-order valence-electron chi connectivity index (χ4n) is 2.21. The summed E-state index contributed by atoms with van der Waals surface area (Å²) >= 11 is 0. The van der Waals surface area contributed by atoms with Crippen molar-refractivity contribution in [3.63, 3.8) is 0 Å². The first-order valence-electron chi connectivity index (χ1n) is 6.53. The summed E-state index contributed by atoms with van der Waals surface area (Å²) in [4.78, 5) is 4.34. The Hall–Kier alpha value is -0.940. The maximum Gasteiger partial charge on any atom is 0.252 e. The van der Waals surface area contributed by atoms with Crippen LogP contribution < -0.4 is 5.32 Å². The molecule has 2 fully saturated rings. The van der Waals surface area contributed by atoms with Crippen LogP contribution in [0.1, 0.15) is 43.3 Å². The van der Waals surface area contributed by atoms with Crippen molar-refractivity contribution < 1.29 is 9.26 Å². The Balaban J connectivity index is 1.40. The Morgan fingerprint density at radius 2 is 2.29 bits per heavy atom. The Bertz CT molecular complexity index is 356. The molecule has 2 heterocycles. The minimum absolute atomic E-state index is 0.455. The van der Waals surface area contributed by atoms with E-state index in [1.165, 1.54) is 25.7 Å². The van der Waals surface area contributed by atoms with Crippen molar-refractivity contribution in [1.82, 2.24) is 15.5 Å². The van der Waals surface area contributed by atoms with Gasteiger partial charge in [0.05, 0.1) is 6.61 Å². The van der Waals surface area contributed by atoms with E-state index in [1.807, 2.05) is 0 Å². The lowest BCUT2D eigenvalue weighted by Gasteiger charge is -2.21. The molecule has 1 N–H and O–H groups in total.